The molecule has 30 heavy (non-hydrogen) atoms. The van der Waals surface area contributed by atoms with Crippen molar-refractivity contribution in [2.75, 3.05) is 18.4 Å². The van der Waals surface area contributed by atoms with Gasteiger partial charge in [0.05, 0.1) is 17.8 Å². The minimum absolute atomic E-state index is 0.00356. The standard InChI is InChI=1S/C22H26F3N3O2/c1-15-12-28(13-16(2)30-15)14-18-7-3-4-9-20(18)27-21(29)26-11-17-6-5-8-19(10-17)22(23,24)25/h3-10,15-16H,11-14H2,1-2H3,(H2,26,27,29). The van der Waals surface area contributed by atoms with Gasteiger partial charge < -0.3 is 15.4 Å². The van der Waals surface area contributed by atoms with Gasteiger partial charge in [0.1, 0.15) is 0 Å². The molecule has 0 aromatic heterocycles. The topological polar surface area (TPSA) is 53.6 Å². The van der Waals surface area contributed by atoms with Gasteiger partial charge in [0, 0.05) is 31.9 Å². The molecule has 1 aliphatic heterocycles. The van der Waals surface area contributed by atoms with Crippen LogP contribution >= 0.6 is 0 Å². The molecule has 2 unspecified atom stereocenters. The molecule has 5 nitrogen and oxygen atoms in total. The maximum atomic E-state index is 12.8. The van der Waals surface area contributed by atoms with Crippen LogP contribution in [-0.2, 0) is 24.0 Å². The smallest absolute Gasteiger partial charge is 0.373 e. The van der Waals surface area contributed by atoms with Crippen LogP contribution in [0.1, 0.15) is 30.5 Å². The van der Waals surface area contributed by atoms with Gasteiger partial charge >= 0.3 is 12.2 Å². The van der Waals surface area contributed by atoms with Crippen molar-refractivity contribution >= 4 is 11.7 Å². The van der Waals surface area contributed by atoms with Gasteiger partial charge in [0.15, 0.2) is 0 Å². The summed E-state index contributed by atoms with van der Waals surface area (Å²) in [5.74, 6) is 0. The van der Waals surface area contributed by atoms with Crippen LogP contribution < -0.4 is 10.6 Å². The number of anilines is 1. The molecule has 2 atom stereocenters. The Balaban J connectivity index is 1.59. The fourth-order valence-electron chi connectivity index (χ4n) is 3.64. The number of benzene rings is 2. The molecule has 2 aromatic carbocycles. The summed E-state index contributed by atoms with van der Waals surface area (Å²) >= 11 is 0. The largest absolute Gasteiger partial charge is 0.416 e. The highest BCUT2D eigenvalue weighted by atomic mass is 19.4. The molecule has 162 valence electrons. The van der Waals surface area contributed by atoms with Crippen molar-refractivity contribution in [1.82, 2.24) is 10.2 Å². The summed E-state index contributed by atoms with van der Waals surface area (Å²) in [6.07, 6.45) is -4.12. The van der Waals surface area contributed by atoms with Crippen molar-refractivity contribution in [2.45, 2.75) is 45.3 Å². The molecule has 0 saturated carbocycles. The first-order valence-corrected chi connectivity index (χ1v) is 9.87. The van der Waals surface area contributed by atoms with Crippen molar-refractivity contribution in [1.29, 1.82) is 0 Å². The van der Waals surface area contributed by atoms with Gasteiger partial charge in [-0.05, 0) is 43.2 Å². The van der Waals surface area contributed by atoms with Gasteiger partial charge in [-0.2, -0.15) is 13.2 Å². The summed E-state index contributed by atoms with van der Waals surface area (Å²) in [7, 11) is 0. The summed E-state index contributed by atoms with van der Waals surface area (Å²) in [5.41, 5.74) is 1.28. The lowest BCUT2D eigenvalue weighted by Crippen LogP contribution is -2.44. The molecular weight excluding hydrogens is 395 g/mol. The van der Waals surface area contributed by atoms with E-state index in [1.54, 1.807) is 6.07 Å². The van der Waals surface area contributed by atoms with Crippen molar-refractivity contribution in [3.63, 3.8) is 0 Å². The number of carbonyl (C=O) groups excluding carboxylic acids is 1. The van der Waals surface area contributed by atoms with E-state index in [0.29, 0.717) is 17.8 Å². The van der Waals surface area contributed by atoms with E-state index in [1.807, 2.05) is 38.1 Å². The predicted molar refractivity (Wildman–Crippen MR) is 109 cm³/mol. The highest BCUT2D eigenvalue weighted by Crippen LogP contribution is 2.29. The molecule has 1 heterocycles. The second kappa shape index (κ2) is 9.49. The first-order valence-electron chi connectivity index (χ1n) is 9.87. The van der Waals surface area contributed by atoms with Crippen molar-refractivity contribution in [3.8, 4) is 0 Å². The van der Waals surface area contributed by atoms with Crippen molar-refractivity contribution in [2.24, 2.45) is 0 Å². The summed E-state index contributed by atoms with van der Waals surface area (Å²) in [5, 5.41) is 5.43. The monoisotopic (exact) mass is 421 g/mol. The van der Waals surface area contributed by atoms with Gasteiger partial charge in [-0.1, -0.05) is 30.3 Å². The molecule has 2 aromatic rings. The molecule has 2 N–H and O–H groups in total. The van der Waals surface area contributed by atoms with E-state index in [1.165, 1.54) is 6.07 Å². The fourth-order valence-corrected chi connectivity index (χ4v) is 3.64. The SMILES string of the molecule is CC1CN(Cc2ccccc2NC(=O)NCc2cccc(C(F)(F)F)c2)CC(C)O1. The Hall–Kier alpha value is -2.58. The Morgan fingerprint density at radius 1 is 1.10 bits per heavy atom. The lowest BCUT2D eigenvalue weighted by molar-refractivity contribution is -0.137. The molecule has 0 spiro atoms. The average Bonchev–Trinajstić information content (AvgIpc) is 2.67. The second-order valence-corrected chi connectivity index (χ2v) is 7.61. The number of amides is 2. The van der Waals surface area contributed by atoms with Crippen LogP contribution in [0.3, 0.4) is 0 Å². The van der Waals surface area contributed by atoms with Crippen LogP contribution in [0.5, 0.6) is 0 Å². The number of nitrogens with one attached hydrogen (secondary N) is 2. The summed E-state index contributed by atoms with van der Waals surface area (Å²) in [6.45, 7) is 6.35. The number of hydrogen-bond acceptors (Lipinski definition) is 3. The molecular formula is C22H26F3N3O2. The number of ether oxygens (including phenoxy) is 1. The first kappa shape index (κ1) is 22.1. The number of morpholine rings is 1. The Morgan fingerprint density at radius 2 is 1.80 bits per heavy atom. The molecule has 2 amide bonds. The number of urea groups is 1. The van der Waals surface area contributed by atoms with Crippen LogP contribution in [0.25, 0.3) is 0 Å². The normalized spacial score (nSPS) is 20.0. The van der Waals surface area contributed by atoms with E-state index < -0.39 is 17.8 Å². The fraction of sp³-hybridized carbons (Fsp3) is 0.409. The molecule has 0 aliphatic carbocycles. The van der Waals surface area contributed by atoms with Gasteiger partial charge in [-0.25, -0.2) is 4.79 Å². The summed E-state index contributed by atoms with van der Waals surface area (Å²) in [4.78, 5) is 14.6. The van der Waals surface area contributed by atoms with Crippen LogP contribution in [0, 0.1) is 0 Å². The number of alkyl halides is 3. The Kier molecular flexibility index (Phi) is 6.99. The minimum atomic E-state index is -4.41. The van der Waals surface area contributed by atoms with E-state index >= 15 is 0 Å². The number of rotatable bonds is 5. The molecule has 0 radical (unpaired) electrons. The lowest BCUT2D eigenvalue weighted by Gasteiger charge is -2.35. The predicted octanol–water partition coefficient (Wildman–Crippen LogP) is 4.64. The molecule has 0 bridgehead atoms. The third kappa shape index (κ3) is 6.21. The maximum Gasteiger partial charge on any atom is 0.416 e. The molecule has 3 rings (SSSR count). The molecule has 1 aliphatic rings. The Bertz CT molecular complexity index is 863. The second-order valence-electron chi connectivity index (χ2n) is 7.61. The number of halogens is 3. The zero-order valence-electron chi connectivity index (χ0n) is 17.0. The zero-order chi connectivity index (χ0) is 21.7. The quantitative estimate of drug-likeness (QED) is 0.740. The number of hydrogen-bond donors (Lipinski definition) is 2. The van der Waals surface area contributed by atoms with Crippen LogP contribution in [0.2, 0.25) is 0 Å². The van der Waals surface area contributed by atoms with Crippen molar-refractivity contribution in [3.05, 3.63) is 65.2 Å². The Labute approximate surface area is 174 Å². The first-order chi connectivity index (χ1) is 14.2. The lowest BCUT2D eigenvalue weighted by atomic mass is 10.1. The highest BCUT2D eigenvalue weighted by Gasteiger charge is 2.30. The van der Waals surface area contributed by atoms with E-state index in [-0.39, 0.29) is 18.8 Å². The van der Waals surface area contributed by atoms with Crippen LogP contribution in [0.15, 0.2) is 48.5 Å². The van der Waals surface area contributed by atoms with E-state index in [0.717, 1.165) is 30.8 Å². The maximum absolute atomic E-state index is 12.8. The summed E-state index contributed by atoms with van der Waals surface area (Å²) < 4.78 is 44.2. The van der Waals surface area contributed by atoms with Crippen LogP contribution in [-0.4, -0.2) is 36.2 Å². The third-order valence-electron chi connectivity index (χ3n) is 4.86. The molecule has 1 saturated heterocycles. The zero-order valence-corrected chi connectivity index (χ0v) is 17.0. The average molecular weight is 421 g/mol. The number of carbonyl (C=O) groups is 1. The van der Waals surface area contributed by atoms with E-state index in [9.17, 15) is 18.0 Å². The molecule has 8 heteroatoms. The van der Waals surface area contributed by atoms with E-state index in [2.05, 4.69) is 15.5 Å². The van der Waals surface area contributed by atoms with Crippen LogP contribution in [0.4, 0.5) is 23.7 Å². The number of para-hydroxylation sites is 1. The molecule has 1 fully saturated rings. The van der Waals surface area contributed by atoms with Gasteiger partial charge in [-0.3, -0.25) is 4.90 Å². The number of nitrogens with zero attached hydrogens (tertiary/aromatic N) is 1. The third-order valence-corrected chi connectivity index (χ3v) is 4.86. The van der Waals surface area contributed by atoms with Crippen molar-refractivity contribution < 1.29 is 22.7 Å². The van der Waals surface area contributed by atoms with E-state index in [4.69, 9.17) is 4.74 Å². The van der Waals surface area contributed by atoms with Gasteiger partial charge in [0.25, 0.3) is 0 Å². The summed E-state index contributed by atoms with van der Waals surface area (Å²) in [6, 6.07) is 12.0. The van der Waals surface area contributed by atoms with Gasteiger partial charge in [-0.15, -0.1) is 0 Å². The van der Waals surface area contributed by atoms with Gasteiger partial charge in [0.2, 0.25) is 0 Å². The minimum Gasteiger partial charge on any atom is -0.373 e. The highest BCUT2D eigenvalue weighted by molar-refractivity contribution is 5.90. The Morgan fingerprint density at radius 3 is 2.50 bits per heavy atom.